The molecular weight excluding hydrogens is 282 g/mol. The van der Waals surface area contributed by atoms with Gasteiger partial charge >= 0.3 is 5.97 Å². The highest BCUT2D eigenvalue weighted by Gasteiger charge is 2.40. The zero-order chi connectivity index (χ0) is 15.8. The molecular formula is C16H21NO3Si. The highest BCUT2D eigenvalue weighted by Crippen LogP contribution is 2.36. The standard InChI is InChI=1S/C16H21NO3Si/c1-11-12(6-7-21(3,4)5)8-17-14(15(18)19)13(11)16(2)9-20-10-16/h8H,9-10H2,1-5H3,(H,18,19). The summed E-state index contributed by atoms with van der Waals surface area (Å²) in [4.78, 5) is 15.6. The van der Waals surface area contributed by atoms with Crippen LogP contribution in [0.25, 0.3) is 0 Å². The summed E-state index contributed by atoms with van der Waals surface area (Å²) in [5.74, 6) is 2.20. The van der Waals surface area contributed by atoms with Crippen LogP contribution in [0.3, 0.4) is 0 Å². The van der Waals surface area contributed by atoms with Gasteiger partial charge in [0, 0.05) is 17.2 Å². The van der Waals surface area contributed by atoms with E-state index in [-0.39, 0.29) is 11.1 Å². The molecule has 0 bridgehead atoms. The van der Waals surface area contributed by atoms with Crippen molar-refractivity contribution in [3.8, 4) is 11.5 Å². The molecule has 4 nitrogen and oxygen atoms in total. The number of pyridine rings is 1. The molecule has 112 valence electrons. The third-order valence-corrected chi connectivity index (χ3v) is 4.43. The Morgan fingerprint density at radius 3 is 2.48 bits per heavy atom. The first-order valence-corrected chi connectivity index (χ1v) is 10.5. The second-order valence-electron chi connectivity index (χ2n) is 6.88. The Bertz CT molecular complexity index is 646. The van der Waals surface area contributed by atoms with Gasteiger partial charge in [-0.15, -0.1) is 5.54 Å². The molecule has 1 saturated heterocycles. The smallest absolute Gasteiger partial charge is 0.354 e. The van der Waals surface area contributed by atoms with Gasteiger partial charge in [-0.3, -0.25) is 0 Å². The summed E-state index contributed by atoms with van der Waals surface area (Å²) in [7, 11) is -1.49. The van der Waals surface area contributed by atoms with Gasteiger partial charge in [0.15, 0.2) is 5.69 Å². The molecule has 1 N–H and O–H groups in total. The second-order valence-corrected chi connectivity index (χ2v) is 11.6. The van der Waals surface area contributed by atoms with E-state index in [0.717, 1.165) is 16.7 Å². The highest BCUT2D eigenvalue weighted by atomic mass is 28.3. The summed E-state index contributed by atoms with van der Waals surface area (Å²) in [6.07, 6.45) is 1.58. The third kappa shape index (κ3) is 3.17. The predicted molar refractivity (Wildman–Crippen MR) is 84.3 cm³/mol. The van der Waals surface area contributed by atoms with Crippen LogP contribution in [0, 0.1) is 18.4 Å². The van der Waals surface area contributed by atoms with Crippen molar-refractivity contribution in [2.75, 3.05) is 13.2 Å². The molecule has 0 aliphatic carbocycles. The number of aromatic nitrogens is 1. The van der Waals surface area contributed by atoms with Crippen molar-refractivity contribution in [3.63, 3.8) is 0 Å². The lowest BCUT2D eigenvalue weighted by Crippen LogP contribution is -2.45. The van der Waals surface area contributed by atoms with E-state index in [2.05, 4.69) is 36.1 Å². The summed E-state index contributed by atoms with van der Waals surface area (Å²) < 4.78 is 5.29. The molecule has 2 rings (SSSR count). The minimum Gasteiger partial charge on any atom is -0.477 e. The number of carbonyl (C=O) groups is 1. The number of hydrogen-bond acceptors (Lipinski definition) is 3. The van der Waals surface area contributed by atoms with E-state index in [0.29, 0.717) is 13.2 Å². The van der Waals surface area contributed by atoms with Crippen molar-refractivity contribution >= 4 is 14.0 Å². The molecule has 0 unspecified atom stereocenters. The third-order valence-electron chi connectivity index (χ3n) is 3.56. The average Bonchev–Trinajstić information content (AvgIpc) is 2.33. The van der Waals surface area contributed by atoms with Crippen molar-refractivity contribution in [1.29, 1.82) is 0 Å². The van der Waals surface area contributed by atoms with Crippen LogP contribution in [-0.2, 0) is 10.2 Å². The Morgan fingerprint density at radius 2 is 2.05 bits per heavy atom. The first-order valence-electron chi connectivity index (χ1n) is 6.98. The molecule has 0 saturated carbocycles. The summed E-state index contributed by atoms with van der Waals surface area (Å²) >= 11 is 0. The molecule has 0 atom stereocenters. The molecule has 0 amide bonds. The van der Waals surface area contributed by atoms with Gasteiger partial charge in [-0.1, -0.05) is 32.5 Å². The maximum Gasteiger partial charge on any atom is 0.354 e. The van der Waals surface area contributed by atoms with Crippen LogP contribution >= 0.6 is 0 Å². The van der Waals surface area contributed by atoms with Crippen LogP contribution in [0.5, 0.6) is 0 Å². The van der Waals surface area contributed by atoms with Crippen molar-refractivity contribution in [2.24, 2.45) is 0 Å². The number of rotatable bonds is 2. The number of aromatic carboxylic acids is 1. The Morgan fingerprint density at radius 1 is 1.43 bits per heavy atom. The van der Waals surface area contributed by atoms with E-state index >= 15 is 0 Å². The summed E-state index contributed by atoms with van der Waals surface area (Å²) in [6, 6.07) is 0. The minimum atomic E-state index is -1.49. The average molecular weight is 303 g/mol. The van der Waals surface area contributed by atoms with Crippen LogP contribution in [0.4, 0.5) is 0 Å². The first kappa shape index (κ1) is 15.7. The van der Waals surface area contributed by atoms with Gasteiger partial charge in [0.1, 0.15) is 8.07 Å². The zero-order valence-electron chi connectivity index (χ0n) is 13.2. The first-order chi connectivity index (χ1) is 9.64. The summed E-state index contributed by atoms with van der Waals surface area (Å²) in [6.45, 7) is 11.5. The second kappa shape index (κ2) is 5.28. The van der Waals surface area contributed by atoms with E-state index in [9.17, 15) is 9.90 Å². The molecule has 1 aliphatic heterocycles. The Hall–Kier alpha value is -1.64. The quantitative estimate of drug-likeness (QED) is 0.674. The largest absolute Gasteiger partial charge is 0.477 e. The molecule has 0 aromatic carbocycles. The summed E-state index contributed by atoms with van der Waals surface area (Å²) in [5, 5.41) is 9.39. The van der Waals surface area contributed by atoms with Crippen LogP contribution < -0.4 is 0 Å². The number of carboxylic acid groups (broad SMARTS) is 1. The number of carboxylic acids is 1. The Balaban J connectivity index is 2.59. The Labute approximate surface area is 126 Å². The molecule has 0 radical (unpaired) electrons. The fourth-order valence-corrected chi connectivity index (χ4v) is 2.95. The lowest BCUT2D eigenvalue weighted by molar-refractivity contribution is -0.0509. The van der Waals surface area contributed by atoms with Crippen molar-refractivity contribution < 1.29 is 14.6 Å². The molecule has 1 aromatic rings. The van der Waals surface area contributed by atoms with Crippen LogP contribution in [-0.4, -0.2) is 37.3 Å². The monoisotopic (exact) mass is 303 g/mol. The SMILES string of the molecule is Cc1c(C#C[Si](C)(C)C)cnc(C(=O)O)c1C1(C)COC1. The van der Waals surface area contributed by atoms with E-state index in [1.165, 1.54) is 0 Å². The van der Waals surface area contributed by atoms with Gasteiger partial charge in [0.2, 0.25) is 0 Å². The normalized spacial score (nSPS) is 16.6. The Kier molecular flexibility index (Phi) is 3.96. The maximum absolute atomic E-state index is 11.5. The van der Waals surface area contributed by atoms with Crippen LogP contribution in [0.2, 0.25) is 19.6 Å². The van der Waals surface area contributed by atoms with E-state index in [4.69, 9.17) is 4.74 Å². The lowest BCUT2D eigenvalue weighted by Gasteiger charge is -2.40. The van der Waals surface area contributed by atoms with Crippen LogP contribution in [0.15, 0.2) is 6.20 Å². The fraction of sp³-hybridized carbons (Fsp3) is 0.500. The molecule has 1 aromatic heterocycles. The van der Waals surface area contributed by atoms with Gasteiger partial charge < -0.3 is 9.84 Å². The number of ether oxygens (including phenoxy) is 1. The van der Waals surface area contributed by atoms with Gasteiger partial charge in [0.25, 0.3) is 0 Å². The van der Waals surface area contributed by atoms with Gasteiger partial charge in [-0.05, 0) is 18.1 Å². The minimum absolute atomic E-state index is 0.122. The van der Waals surface area contributed by atoms with Gasteiger partial charge in [-0.2, -0.15) is 0 Å². The lowest BCUT2D eigenvalue weighted by atomic mass is 9.76. The zero-order valence-corrected chi connectivity index (χ0v) is 14.2. The number of hydrogen-bond donors (Lipinski definition) is 1. The van der Waals surface area contributed by atoms with Crippen molar-refractivity contribution in [3.05, 3.63) is 28.6 Å². The molecule has 5 heteroatoms. The molecule has 1 fully saturated rings. The molecule has 1 aliphatic rings. The maximum atomic E-state index is 11.5. The van der Waals surface area contributed by atoms with Crippen molar-refractivity contribution in [2.45, 2.75) is 38.9 Å². The van der Waals surface area contributed by atoms with E-state index in [1.807, 2.05) is 13.8 Å². The molecule has 21 heavy (non-hydrogen) atoms. The summed E-state index contributed by atoms with van der Waals surface area (Å²) in [5.41, 5.74) is 5.67. The van der Waals surface area contributed by atoms with Crippen LogP contribution in [0.1, 0.15) is 34.1 Å². The molecule has 0 spiro atoms. The highest BCUT2D eigenvalue weighted by molar-refractivity contribution is 6.83. The predicted octanol–water partition coefficient (Wildman–Crippen LogP) is 2.61. The fourth-order valence-electron chi connectivity index (χ4n) is 2.44. The molecule has 2 heterocycles. The van der Waals surface area contributed by atoms with Gasteiger partial charge in [-0.25, -0.2) is 9.78 Å². The van der Waals surface area contributed by atoms with Gasteiger partial charge in [0.05, 0.1) is 13.2 Å². The van der Waals surface area contributed by atoms with E-state index in [1.54, 1.807) is 6.20 Å². The number of nitrogens with zero attached hydrogens (tertiary/aromatic N) is 1. The van der Waals surface area contributed by atoms with Crippen molar-refractivity contribution in [1.82, 2.24) is 4.98 Å². The topological polar surface area (TPSA) is 59.4 Å². The van der Waals surface area contributed by atoms with E-state index < -0.39 is 14.0 Å².